The molecule has 0 bridgehead atoms. The van der Waals surface area contributed by atoms with Crippen LogP contribution in [0.4, 0.5) is 0 Å². The molecule has 0 rings (SSSR count). The molecule has 0 fully saturated rings. The third kappa shape index (κ3) is 53.5. The first-order chi connectivity index (χ1) is 33.5. The van der Waals surface area contributed by atoms with Crippen LogP contribution in [0, 0.1) is 0 Å². The van der Waals surface area contributed by atoms with E-state index in [0.29, 0.717) is 19.3 Å². The Morgan fingerprint density at radius 2 is 0.647 bits per heavy atom. The predicted octanol–water partition coefficient (Wildman–Crippen LogP) is 19.2. The summed E-state index contributed by atoms with van der Waals surface area (Å²) in [5.74, 6) is -0.989. The zero-order valence-electron chi connectivity index (χ0n) is 44.6. The van der Waals surface area contributed by atoms with E-state index in [1.807, 2.05) is 6.08 Å². The molecule has 1 unspecified atom stereocenters. The molecule has 0 saturated carbocycles. The normalized spacial score (nSPS) is 12.7. The van der Waals surface area contributed by atoms with E-state index in [-0.39, 0.29) is 37.5 Å². The minimum absolute atomic E-state index is 0.103. The van der Waals surface area contributed by atoms with Crippen molar-refractivity contribution < 1.29 is 28.6 Å². The molecule has 0 amide bonds. The lowest BCUT2D eigenvalue weighted by Crippen LogP contribution is -2.30. The van der Waals surface area contributed by atoms with Crippen molar-refractivity contribution in [2.75, 3.05) is 13.2 Å². The van der Waals surface area contributed by atoms with Crippen molar-refractivity contribution in [2.24, 2.45) is 0 Å². The molecule has 0 aromatic rings. The van der Waals surface area contributed by atoms with Crippen LogP contribution in [0.2, 0.25) is 0 Å². The Labute approximate surface area is 420 Å². The first-order valence-electron chi connectivity index (χ1n) is 28.6. The molecular formula is C62H106O6. The number of rotatable bonds is 51. The second-order valence-corrected chi connectivity index (χ2v) is 18.8. The maximum atomic E-state index is 12.8. The zero-order valence-corrected chi connectivity index (χ0v) is 44.6. The smallest absolute Gasteiger partial charge is 0.306 e. The topological polar surface area (TPSA) is 78.9 Å². The lowest BCUT2D eigenvalue weighted by atomic mass is 10.1. The Hall–Kier alpha value is -3.41. The van der Waals surface area contributed by atoms with Gasteiger partial charge in [0.05, 0.1) is 0 Å². The Balaban J connectivity index is 4.44. The molecule has 0 radical (unpaired) electrons. The average molecular weight is 948 g/mol. The van der Waals surface area contributed by atoms with E-state index >= 15 is 0 Å². The van der Waals surface area contributed by atoms with Crippen molar-refractivity contribution in [1.82, 2.24) is 0 Å². The molecule has 0 saturated heterocycles. The summed E-state index contributed by atoms with van der Waals surface area (Å²) in [5, 5.41) is 0. The van der Waals surface area contributed by atoms with E-state index in [4.69, 9.17) is 14.2 Å². The first kappa shape index (κ1) is 64.6. The number of ether oxygens (including phenoxy) is 3. The number of allylic oxidation sites excluding steroid dienone is 14. The Morgan fingerprint density at radius 1 is 0.324 bits per heavy atom. The Bertz CT molecular complexity index is 1320. The van der Waals surface area contributed by atoms with E-state index in [0.717, 1.165) is 89.9 Å². The van der Waals surface area contributed by atoms with Crippen molar-refractivity contribution in [3.8, 4) is 0 Å². The summed E-state index contributed by atoms with van der Waals surface area (Å²) < 4.78 is 16.8. The van der Waals surface area contributed by atoms with Gasteiger partial charge in [0.25, 0.3) is 0 Å². The summed E-state index contributed by atoms with van der Waals surface area (Å²) in [6, 6.07) is 0. The minimum atomic E-state index is -0.810. The molecule has 0 aliphatic rings. The van der Waals surface area contributed by atoms with Crippen molar-refractivity contribution in [2.45, 2.75) is 277 Å². The number of hydrogen-bond acceptors (Lipinski definition) is 6. The quantitative estimate of drug-likeness (QED) is 0.0199. The molecule has 0 aliphatic carbocycles. The maximum Gasteiger partial charge on any atom is 0.306 e. The SMILES string of the molecule is CC/C=C\C/C=C\C/C=C\CCCCCCCCCCCC(=O)OCC(COC(=O)CC/C=C\C/C=C\CCCCCCCC)OC(=O)CCCCCCC/C=C\C=C/CCCCCCCCC. The second kappa shape index (κ2) is 56.2. The third-order valence-corrected chi connectivity index (χ3v) is 12.1. The summed E-state index contributed by atoms with van der Waals surface area (Å²) in [5.41, 5.74) is 0. The summed E-state index contributed by atoms with van der Waals surface area (Å²) in [4.78, 5) is 38.1. The van der Waals surface area contributed by atoms with E-state index in [2.05, 4.69) is 99.8 Å². The van der Waals surface area contributed by atoms with Crippen LogP contribution in [-0.2, 0) is 28.6 Å². The molecule has 0 aromatic carbocycles. The average Bonchev–Trinajstić information content (AvgIpc) is 3.34. The molecule has 0 N–H and O–H groups in total. The summed E-state index contributed by atoms with van der Waals surface area (Å²) >= 11 is 0. The molecular weight excluding hydrogens is 841 g/mol. The fourth-order valence-electron chi connectivity index (χ4n) is 7.85. The van der Waals surface area contributed by atoms with Gasteiger partial charge in [0.1, 0.15) is 13.2 Å². The molecule has 0 aromatic heterocycles. The highest BCUT2D eigenvalue weighted by Crippen LogP contribution is 2.14. The van der Waals surface area contributed by atoms with Crippen LogP contribution in [0.3, 0.4) is 0 Å². The number of unbranched alkanes of at least 4 members (excludes halogenated alkanes) is 27. The van der Waals surface area contributed by atoms with Crippen molar-refractivity contribution in [1.29, 1.82) is 0 Å². The monoisotopic (exact) mass is 947 g/mol. The minimum Gasteiger partial charge on any atom is -0.462 e. The number of carbonyl (C=O) groups is 3. The molecule has 0 spiro atoms. The molecule has 0 aliphatic heterocycles. The highest BCUT2D eigenvalue weighted by Gasteiger charge is 2.19. The van der Waals surface area contributed by atoms with Gasteiger partial charge in [-0.05, 0) is 96.3 Å². The van der Waals surface area contributed by atoms with Crippen LogP contribution < -0.4 is 0 Å². The van der Waals surface area contributed by atoms with E-state index in [1.54, 1.807) is 0 Å². The largest absolute Gasteiger partial charge is 0.462 e. The van der Waals surface area contributed by atoms with E-state index in [1.165, 1.54) is 135 Å². The van der Waals surface area contributed by atoms with Gasteiger partial charge in [0.2, 0.25) is 0 Å². The van der Waals surface area contributed by atoms with Gasteiger partial charge in [0.15, 0.2) is 6.10 Å². The molecule has 1 atom stereocenters. The summed E-state index contributed by atoms with van der Waals surface area (Å²) in [7, 11) is 0. The van der Waals surface area contributed by atoms with Crippen LogP contribution in [0.1, 0.15) is 271 Å². The molecule has 0 heterocycles. The van der Waals surface area contributed by atoms with Gasteiger partial charge >= 0.3 is 17.9 Å². The highest BCUT2D eigenvalue weighted by atomic mass is 16.6. The summed E-state index contributed by atoms with van der Waals surface area (Å²) in [6.45, 7) is 6.46. The highest BCUT2D eigenvalue weighted by molar-refractivity contribution is 5.71. The lowest BCUT2D eigenvalue weighted by Gasteiger charge is -2.18. The Morgan fingerprint density at radius 3 is 1.07 bits per heavy atom. The van der Waals surface area contributed by atoms with Gasteiger partial charge in [-0.15, -0.1) is 0 Å². The number of carbonyl (C=O) groups excluding carboxylic acids is 3. The van der Waals surface area contributed by atoms with Gasteiger partial charge in [0, 0.05) is 19.3 Å². The van der Waals surface area contributed by atoms with Gasteiger partial charge in [-0.3, -0.25) is 14.4 Å². The maximum absolute atomic E-state index is 12.8. The van der Waals surface area contributed by atoms with Crippen LogP contribution >= 0.6 is 0 Å². The van der Waals surface area contributed by atoms with Crippen LogP contribution in [0.15, 0.2) is 85.1 Å². The van der Waals surface area contributed by atoms with Crippen molar-refractivity contribution in [3.05, 3.63) is 85.1 Å². The van der Waals surface area contributed by atoms with Gasteiger partial charge in [-0.1, -0.05) is 241 Å². The molecule has 6 nitrogen and oxygen atoms in total. The van der Waals surface area contributed by atoms with Crippen molar-refractivity contribution >= 4 is 17.9 Å². The van der Waals surface area contributed by atoms with E-state index in [9.17, 15) is 14.4 Å². The summed E-state index contributed by atoms with van der Waals surface area (Å²) in [6.07, 6.45) is 73.0. The molecule has 6 heteroatoms. The lowest BCUT2D eigenvalue weighted by molar-refractivity contribution is -0.166. The van der Waals surface area contributed by atoms with Crippen LogP contribution in [-0.4, -0.2) is 37.2 Å². The fraction of sp³-hybridized carbons (Fsp3) is 0.726. The van der Waals surface area contributed by atoms with Gasteiger partial charge in [-0.2, -0.15) is 0 Å². The number of esters is 3. The predicted molar refractivity (Wildman–Crippen MR) is 293 cm³/mol. The standard InChI is InChI=1S/C62H106O6/c1-4-7-10-13-16-19-22-25-27-29-31-33-34-37-40-43-46-49-52-55-61(64)67-58-59(57-66-60(63)54-51-48-45-42-39-36-24-21-18-15-12-9-6-3)68-62(65)56-53-50-47-44-41-38-35-32-30-28-26-23-20-17-14-11-8-5-2/h7,10,16,19,25,27-28,30,32,35-36,39,45,48,59H,4-6,8-9,11-15,17-18,20-24,26,29,31,33-34,37-38,40-44,46-47,49-58H2,1-3H3/b10-7-,19-16-,27-25-,30-28-,35-32-,39-36-,48-45-. The Kier molecular flexibility index (Phi) is 53.4. The van der Waals surface area contributed by atoms with Crippen molar-refractivity contribution in [3.63, 3.8) is 0 Å². The van der Waals surface area contributed by atoms with Gasteiger partial charge in [-0.25, -0.2) is 0 Å². The molecule has 68 heavy (non-hydrogen) atoms. The first-order valence-corrected chi connectivity index (χ1v) is 28.6. The second-order valence-electron chi connectivity index (χ2n) is 18.8. The van der Waals surface area contributed by atoms with E-state index < -0.39 is 6.10 Å². The van der Waals surface area contributed by atoms with Crippen LogP contribution in [0.25, 0.3) is 0 Å². The third-order valence-electron chi connectivity index (χ3n) is 12.1. The fourth-order valence-corrected chi connectivity index (χ4v) is 7.85. The van der Waals surface area contributed by atoms with Gasteiger partial charge < -0.3 is 14.2 Å². The zero-order chi connectivity index (χ0) is 49.3. The van der Waals surface area contributed by atoms with Crippen LogP contribution in [0.5, 0.6) is 0 Å². The molecule has 390 valence electrons. The number of hydrogen-bond donors (Lipinski definition) is 0.